The van der Waals surface area contributed by atoms with Gasteiger partial charge in [-0.15, -0.1) is 0 Å². The Morgan fingerprint density at radius 2 is 2.30 bits per heavy atom. The predicted octanol–water partition coefficient (Wildman–Crippen LogP) is 0.570. The first kappa shape index (κ1) is 15.2. The number of carbonyl (C=O) groups excluding carboxylic acids is 1. The van der Waals surface area contributed by atoms with Crippen LogP contribution in [-0.2, 0) is 10.0 Å². The summed E-state index contributed by atoms with van der Waals surface area (Å²) >= 11 is 1.35. The molecule has 1 unspecified atom stereocenters. The van der Waals surface area contributed by atoms with Gasteiger partial charge in [0, 0.05) is 17.1 Å². The number of nitrogens with zero attached hydrogens (tertiary/aromatic N) is 1. The van der Waals surface area contributed by atoms with E-state index < -0.39 is 10.0 Å². The van der Waals surface area contributed by atoms with E-state index in [1.165, 1.54) is 11.5 Å². The van der Waals surface area contributed by atoms with Gasteiger partial charge in [0.05, 0.1) is 11.8 Å². The van der Waals surface area contributed by atoms with Crippen molar-refractivity contribution in [3.8, 4) is 0 Å². The number of nitrogens with one attached hydrogen (secondary N) is 2. The molecular weight excluding hydrogens is 300 g/mol. The smallest absolute Gasteiger partial charge is 0.315 e. The van der Waals surface area contributed by atoms with Crippen molar-refractivity contribution in [2.45, 2.75) is 31.8 Å². The molecule has 4 N–H and O–H groups in total. The molecule has 112 valence electrons. The first-order chi connectivity index (χ1) is 9.33. The van der Waals surface area contributed by atoms with Crippen LogP contribution in [0, 0.1) is 5.92 Å². The molecule has 1 fully saturated rings. The van der Waals surface area contributed by atoms with Crippen LogP contribution in [0.5, 0.6) is 0 Å². The maximum absolute atomic E-state index is 11.8. The van der Waals surface area contributed by atoms with Gasteiger partial charge in [-0.25, -0.2) is 22.7 Å². The number of primary sulfonamides is 1. The van der Waals surface area contributed by atoms with Crippen molar-refractivity contribution < 1.29 is 13.2 Å². The van der Waals surface area contributed by atoms with E-state index in [-0.39, 0.29) is 29.8 Å². The summed E-state index contributed by atoms with van der Waals surface area (Å²) < 4.78 is 25.8. The standard InChI is InChI=1S/C11H18N4O3S2/c1-7(10-2-3-13-19-10)14-11(16)15-9-4-8(5-9)6-20(12,17)18/h2-3,7-9H,4-6H2,1H3,(H2,12,17,18)(H2,14,15,16). The van der Waals surface area contributed by atoms with Crippen LogP contribution in [0.3, 0.4) is 0 Å². The van der Waals surface area contributed by atoms with Crippen molar-refractivity contribution in [2.24, 2.45) is 11.1 Å². The summed E-state index contributed by atoms with van der Waals surface area (Å²) in [7, 11) is -3.42. The Hall–Kier alpha value is -1.19. The lowest BCUT2D eigenvalue weighted by Gasteiger charge is -2.35. The van der Waals surface area contributed by atoms with Crippen LogP contribution >= 0.6 is 11.5 Å². The van der Waals surface area contributed by atoms with E-state index in [4.69, 9.17) is 5.14 Å². The number of urea groups is 1. The molecule has 0 spiro atoms. The summed E-state index contributed by atoms with van der Waals surface area (Å²) in [4.78, 5) is 12.7. The third-order valence-electron chi connectivity index (χ3n) is 3.27. The first-order valence-corrected chi connectivity index (χ1v) is 8.80. The SMILES string of the molecule is CC(NC(=O)NC1CC(CS(N)(=O)=O)C1)c1ccns1. The molecule has 1 aliphatic rings. The molecule has 7 nitrogen and oxygen atoms in total. The number of sulfonamides is 1. The second kappa shape index (κ2) is 6.06. The maximum atomic E-state index is 11.8. The Labute approximate surface area is 122 Å². The molecular formula is C11H18N4O3S2. The van der Waals surface area contributed by atoms with Gasteiger partial charge in [0.15, 0.2) is 0 Å². The molecule has 20 heavy (non-hydrogen) atoms. The van der Waals surface area contributed by atoms with Crippen molar-refractivity contribution in [3.05, 3.63) is 17.1 Å². The zero-order valence-electron chi connectivity index (χ0n) is 11.1. The summed E-state index contributed by atoms with van der Waals surface area (Å²) in [5, 5.41) is 10.6. The number of hydrogen-bond acceptors (Lipinski definition) is 5. The van der Waals surface area contributed by atoms with Crippen molar-refractivity contribution in [2.75, 3.05) is 5.75 Å². The zero-order valence-corrected chi connectivity index (χ0v) is 12.7. The molecule has 0 bridgehead atoms. The third-order valence-corrected chi connectivity index (χ3v) is 5.13. The monoisotopic (exact) mass is 318 g/mol. The lowest BCUT2D eigenvalue weighted by molar-refractivity contribution is 0.209. The van der Waals surface area contributed by atoms with Crippen LogP contribution in [0.15, 0.2) is 12.3 Å². The normalized spacial score (nSPS) is 23.7. The van der Waals surface area contributed by atoms with E-state index >= 15 is 0 Å². The van der Waals surface area contributed by atoms with Gasteiger partial charge < -0.3 is 10.6 Å². The minimum atomic E-state index is -3.42. The third kappa shape index (κ3) is 4.43. The zero-order chi connectivity index (χ0) is 14.8. The number of carbonyl (C=O) groups is 1. The summed E-state index contributed by atoms with van der Waals surface area (Å²) in [5.74, 6) is 0.0403. The topological polar surface area (TPSA) is 114 Å². The van der Waals surface area contributed by atoms with Crippen molar-refractivity contribution in [1.82, 2.24) is 15.0 Å². The molecule has 1 aromatic heterocycles. The summed E-state index contributed by atoms with van der Waals surface area (Å²) in [5.41, 5.74) is 0. The molecule has 1 saturated carbocycles. The van der Waals surface area contributed by atoms with E-state index in [0.29, 0.717) is 12.8 Å². The average Bonchev–Trinajstić information content (AvgIpc) is 2.77. The van der Waals surface area contributed by atoms with Crippen LogP contribution in [0.2, 0.25) is 0 Å². The fourth-order valence-electron chi connectivity index (χ4n) is 2.26. The van der Waals surface area contributed by atoms with Gasteiger partial charge in [-0.1, -0.05) is 0 Å². The fourth-order valence-corrected chi connectivity index (χ4v) is 3.77. The number of hydrogen-bond donors (Lipinski definition) is 3. The van der Waals surface area contributed by atoms with Crippen molar-refractivity contribution >= 4 is 27.6 Å². The maximum Gasteiger partial charge on any atom is 0.315 e. The minimum absolute atomic E-state index is 0.00985. The average molecular weight is 318 g/mol. The van der Waals surface area contributed by atoms with E-state index in [0.717, 1.165) is 4.88 Å². The number of aromatic nitrogens is 1. The fraction of sp³-hybridized carbons (Fsp3) is 0.636. The Kier molecular flexibility index (Phi) is 4.61. The molecule has 1 aromatic rings. The number of amides is 2. The van der Waals surface area contributed by atoms with Gasteiger partial charge >= 0.3 is 6.03 Å². The number of rotatable bonds is 5. The van der Waals surface area contributed by atoms with Crippen LogP contribution in [-0.4, -0.2) is 30.6 Å². The van der Waals surface area contributed by atoms with Crippen LogP contribution in [0.4, 0.5) is 4.79 Å². The number of nitrogens with two attached hydrogens (primary N) is 1. The van der Waals surface area contributed by atoms with Gasteiger partial charge in [0.1, 0.15) is 0 Å². The summed E-state index contributed by atoms with van der Waals surface area (Å²) in [6, 6.07) is 1.55. The van der Waals surface area contributed by atoms with E-state index in [1.807, 2.05) is 13.0 Å². The van der Waals surface area contributed by atoms with Gasteiger partial charge in [-0.05, 0) is 43.3 Å². The Balaban J connectivity index is 1.69. The molecule has 1 heterocycles. The molecule has 9 heteroatoms. The summed E-state index contributed by atoms with van der Waals surface area (Å²) in [6.45, 7) is 1.89. The van der Waals surface area contributed by atoms with Gasteiger partial charge in [-0.2, -0.15) is 0 Å². The van der Waals surface area contributed by atoms with Crippen LogP contribution in [0.25, 0.3) is 0 Å². The lowest BCUT2D eigenvalue weighted by atomic mass is 9.82. The molecule has 2 rings (SSSR count). The highest BCUT2D eigenvalue weighted by molar-refractivity contribution is 7.89. The van der Waals surface area contributed by atoms with Gasteiger partial charge in [0.25, 0.3) is 0 Å². The van der Waals surface area contributed by atoms with Crippen molar-refractivity contribution in [1.29, 1.82) is 0 Å². The Morgan fingerprint density at radius 3 is 2.85 bits per heavy atom. The molecule has 0 radical (unpaired) electrons. The highest BCUT2D eigenvalue weighted by atomic mass is 32.2. The van der Waals surface area contributed by atoms with Crippen LogP contribution < -0.4 is 15.8 Å². The molecule has 2 amide bonds. The van der Waals surface area contributed by atoms with E-state index in [9.17, 15) is 13.2 Å². The highest BCUT2D eigenvalue weighted by Gasteiger charge is 2.32. The van der Waals surface area contributed by atoms with Crippen LogP contribution in [0.1, 0.15) is 30.7 Å². The minimum Gasteiger partial charge on any atom is -0.335 e. The molecule has 1 atom stereocenters. The molecule has 0 saturated heterocycles. The van der Waals surface area contributed by atoms with E-state index in [1.54, 1.807) is 6.20 Å². The van der Waals surface area contributed by atoms with E-state index in [2.05, 4.69) is 15.0 Å². The molecule has 0 aliphatic heterocycles. The molecule has 0 aromatic carbocycles. The Bertz CT molecular complexity index is 552. The highest BCUT2D eigenvalue weighted by Crippen LogP contribution is 2.28. The lowest BCUT2D eigenvalue weighted by Crippen LogP contribution is -2.50. The summed E-state index contributed by atoms with van der Waals surface area (Å²) in [6.07, 6.45) is 3.00. The second-order valence-electron chi connectivity index (χ2n) is 5.12. The van der Waals surface area contributed by atoms with Gasteiger partial charge in [0.2, 0.25) is 10.0 Å². The quantitative estimate of drug-likeness (QED) is 0.736. The van der Waals surface area contributed by atoms with Crippen molar-refractivity contribution in [3.63, 3.8) is 0 Å². The largest absolute Gasteiger partial charge is 0.335 e. The predicted molar refractivity (Wildman–Crippen MR) is 76.7 cm³/mol. The molecule has 1 aliphatic carbocycles. The first-order valence-electron chi connectivity index (χ1n) is 6.31. The van der Waals surface area contributed by atoms with Gasteiger partial charge in [-0.3, -0.25) is 0 Å². The second-order valence-corrected chi connectivity index (χ2v) is 7.64. The Morgan fingerprint density at radius 1 is 1.60 bits per heavy atom.